The maximum atomic E-state index is 9.55. The van der Waals surface area contributed by atoms with Crippen LogP contribution in [0.4, 0.5) is 0 Å². The summed E-state index contributed by atoms with van der Waals surface area (Å²) in [6.45, 7) is 5.84. The fourth-order valence-corrected chi connectivity index (χ4v) is 1.90. The maximum absolute atomic E-state index is 9.55. The van der Waals surface area contributed by atoms with Gasteiger partial charge in [0.15, 0.2) is 0 Å². The summed E-state index contributed by atoms with van der Waals surface area (Å²) in [6, 6.07) is 0. The summed E-state index contributed by atoms with van der Waals surface area (Å²) in [5, 5.41) is 18.9. The summed E-state index contributed by atoms with van der Waals surface area (Å²) in [4.78, 5) is 0. The summed E-state index contributed by atoms with van der Waals surface area (Å²) >= 11 is 0. The molecule has 0 heterocycles. The Labute approximate surface area is 61.9 Å². The molecule has 0 aromatic heterocycles. The molecule has 2 N–H and O–H groups in total. The molecule has 2 unspecified atom stereocenters. The van der Waals surface area contributed by atoms with E-state index in [9.17, 15) is 10.2 Å². The normalized spacial score (nSPS) is 45.9. The smallest absolute Gasteiger partial charge is 0.0882 e. The molecular weight excluding hydrogens is 128 g/mol. The molecule has 0 spiro atoms. The fraction of sp³-hybridized carbons (Fsp3) is 1.00. The molecule has 60 valence electrons. The van der Waals surface area contributed by atoms with Crippen LogP contribution in [0.15, 0.2) is 0 Å². The number of aliphatic hydroxyl groups excluding tert-OH is 1. The van der Waals surface area contributed by atoms with Gasteiger partial charge in [0, 0.05) is 0 Å². The lowest BCUT2D eigenvalue weighted by atomic mass is 9.90. The van der Waals surface area contributed by atoms with Gasteiger partial charge in [0.2, 0.25) is 0 Å². The van der Waals surface area contributed by atoms with Crippen molar-refractivity contribution in [3.63, 3.8) is 0 Å². The van der Waals surface area contributed by atoms with Gasteiger partial charge in [-0.25, -0.2) is 0 Å². The van der Waals surface area contributed by atoms with Crippen LogP contribution < -0.4 is 0 Å². The van der Waals surface area contributed by atoms with Crippen molar-refractivity contribution in [1.82, 2.24) is 0 Å². The Morgan fingerprint density at radius 3 is 1.90 bits per heavy atom. The van der Waals surface area contributed by atoms with E-state index < -0.39 is 11.7 Å². The van der Waals surface area contributed by atoms with Crippen LogP contribution in [-0.4, -0.2) is 21.9 Å². The molecule has 0 bridgehead atoms. The van der Waals surface area contributed by atoms with Crippen molar-refractivity contribution in [3.05, 3.63) is 0 Å². The van der Waals surface area contributed by atoms with Gasteiger partial charge < -0.3 is 10.2 Å². The number of rotatable bonds is 0. The van der Waals surface area contributed by atoms with E-state index in [1.165, 1.54) is 0 Å². The van der Waals surface area contributed by atoms with Crippen molar-refractivity contribution in [2.24, 2.45) is 5.41 Å². The van der Waals surface area contributed by atoms with Crippen LogP contribution in [0.2, 0.25) is 0 Å². The van der Waals surface area contributed by atoms with Crippen molar-refractivity contribution in [2.75, 3.05) is 0 Å². The molecule has 1 fully saturated rings. The third kappa shape index (κ3) is 1.32. The van der Waals surface area contributed by atoms with Gasteiger partial charge >= 0.3 is 0 Å². The molecule has 0 aromatic rings. The molecule has 0 radical (unpaired) electrons. The Morgan fingerprint density at radius 2 is 1.80 bits per heavy atom. The van der Waals surface area contributed by atoms with Gasteiger partial charge in [-0.2, -0.15) is 0 Å². The average Bonchev–Trinajstić information content (AvgIpc) is 1.73. The lowest BCUT2D eigenvalue weighted by Crippen LogP contribution is -2.33. The van der Waals surface area contributed by atoms with Crippen LogP contribution >= 0.6 is 0 Å². The highest BCUT2D eigenvalue weighted by Crippen LogP contribution is 2.43. The summed E-state index contributed by atoms with van der Waals surface area (Å²) in [5.41, 5.74) is -0.758. The zero-order valence-electron chi connectivity index (χ0n) is 6.89. The Hall–Kier alpha value is -0.0800. The van der Waals surface area contributed by atoms with Crippen LogP contribution in [0.3, 0.4) is 0 Å². The molecule has 0 amide bonds. The van der Waals surface area contributed by atoms with E-state index in [0.717, 1.165) is 0 Å². The summed E-state index contributed by atoms with van der Waals surface area (Å²) in [7, 11) is 0. The lowest BCUT2D eigenvalue weighted by Gasteiger charge is -2.21. The van der Waals surface area contributed by atoms with Crippen molar-refractivity contribution in [1.29, 1.82) is 0 Å². The topological polar surface area (TPSA) is 40.5 Å². The van der Waals surface area contributed by atoms with E-state index >= 15 is 0 Å². The van der Waals surface area contributed by atoms with E-state index in [4.69, 9.17) is 0 Å². The van der Waals surface area contributed by atoms with Crippen molar-refractivity contribution in [2.45, 2.75) is 45.3 Å². The molecule has 2 nitrogen and oxygen atoms in total. The first-order valence-corrected chi connectivity index (χ1v) is 3.74. The molecule has 0 saturated heterocycles. The molecule has 10 heavy (non-hydrogen) atoms. The lowest BCUT2D eigenvalue weighted by molar-refractivity contribution is -0.0390. The first-order valence-electron chi connectivity index (χ1n) is 3.74. The molecule has 1 saturated carbocycles. The molecule has 1 rings (SSSR count). The van der Waals surface area contributed by atoms with Gasteiger partial charge in [0.1, 0.15) is 0 Å². The van der Waals surface area contributed by atoms with Crippen LogP contribution in [-0.2, 0) is 0 Å². The molecular formula is C8H16O2. The molecule has 1 aliphatic carbocycles. The number of hydrogen-bond acceptors (Lipinski definition) is 2. The average molecular weight is 144 g/mol. The van der Waals surface area contributed by atoms with Gasteiger partial charge in [-0.1, -0.05) is 13.8 Å². The second-order valence-corrected chi connectivity index (χ2v) is 4.42. The maximum Gasteiger partial charge on any atom is 0.0882 e. The Bertz CT molecular complexity index is 138. The van der Waals surface area contributed by atoms with Gasteiger partial charge in [-0.3, -0.25) is 0 Å². The standard InChI is InChI=1S/C8H16O2/c1-7(2)4-6(9)8(3,10)5-7/h6,9-10H,4-5H2,1-3H3. The van der Waals surface area contributed by atoms with E-state index in [-0.39, 0.29) is 5.41 Å². The summed E-state index contributed by atoms with van der Waals surface area (Å²) < 4.78 is 0. The monoisotopic (exact) mass is 144 g/mol. The molecule has 0 aliphatic heterocycles. The predicted octanol–water partition coefficient (Wildman–Crippen LogP) is 0.918. The van der Waals surface area contributed by atoms with Crippen LogP contribution in [0, 0.1) is 5.41 Å². The van der Waals surface area contributed by atoms with Gasteiger partial charge in [-0.05, 0) is 25.2 Å². The third-order valence-electron chi connectivity index (χ3n) is 2.30. The number of hydrogen-bond donors (Lipinski definition) is 2. The largest absolute Gasteiger partial charge is 0.390 e. The summed E-state index contributed by atoms with van der Waals surface area (Å²) in [6.07, 6.45) is 0.865. The van der Waals surface area contributed by atoms with Crippen molar-refractivity contribution >= 4 is 0 Å². The van der Waals surface area contributed by atoms with E-state index in [2.05, 4.69) is 13.8 Å². The minimum Gasteiger partial charge on any atom is -0.390 e. The second kappa shape index (κ2) is 1.95. The Kier molecular flexibility index (Phi) is 1.57. The zero-order chi connectivity index (χ0) is 7.99. The summed E-state index contributed by atoms with van der Waals surface area (Å²) in [5.74, 6) is 0. The molecule has 2 atom stereocenters. The van der Waals surface area contributed by atoms with Crippen LogP contribution in [0.25, 0.3) is 0 Å². The van der Waals surface area contributed by atoms with Gasteiger partial charge in [-0.15, -0.1) is 0 Å². The minimum atomic E-state index is -0.858. The van der Waals surface area contributed by atoms with Crippen LogP contribution in [0.5, 0.6) is 0 Å². The highest BCUT2D eigenvalue weighted by molar-refractivity contribution is 4.97. The first-order chi connectivity index (χ1) is 4.33. The van der Waals surface area contributed by atoms with Gasteiger partial charge in [0.05, 0.1) is 11.7 Å². The van der Waals surface area contributed by atoms with Gasteiger partial charge in [0.25, 0.3) is 0 Å². The van der Waals surface area contributed by atoms with Crippen molar-refractivity contribution in [3.8, 4) is 0 Å². The fourth-order valence-electron chi connectivity index (χ4n) is 1.90. The van der Waals surface area contributed by atoms with Crippen LogP contribution in [0.1, 0.15) is 33.6 Å². The van der Waals surface area contributed by atoms with E-state index in [1.54, 1.807) is 6.92 Å². The molecule has 1 aliphatic rings. The van der Waals surface area contributed by atoms with E-state index in [1.807, 2.05) is 0 Å². The van der Waals surface area contributed by atoms with E-state index in [0.29, 0.717) is 12.8 Å². The molecule has 0 aromatic carbocycles. The Morgan fingerprint density at radius 1 is 1.30 bits per heavy atom. The second-order valence-electron chi connectivity index (χ2n) is 4.42. The highest BCUT2D eigenvalue weighted by Gasteiger charge is 2.45. The van der Waals surface area contributed by atoms with Crippen molar-refractivity contribution < 1.29 is 10.2 Å². The number of aliphatic hydroxyl groups is 2. The first kappa shape index (κ1) is 8.02. The third-order valence-corrected chi connectivity index (χ3v) is 2.30. The molecule has 2 heteroatoms. The Balaban J connectivity index is 2.71. The SMILES string of the molecule is CC1(C)CC(O)C(C)(O)C1. The predicted molar refractivity (Wildman–Crippen MR) is 39.6 cm³/mol. The minimum absolute atomic E-state index is 0.100. The quantitative estimate of drug-likeness (QED) is 0.530. The zero-order valence-corrected chi connectivity index (χ0v) is 6.89. The highest BCUT2D eigenvalue weighted by atomic mass is 16.3.